The number of aryl methyl sites for hydroxylation is 1. The van der Waals surface area contributed by atoms with Gasteiger partial charge in [0.15, 0.2) is 6.61 Å². The maximum absolute atomic E-state index is 12.3. The molecule has 0 radical (unpaired) electrons. The minimum absolute atomic E-state index is 0.120. The molecule has 0 aliphatic heterocycles. The van der Waals surface area contributed by atoms with Crippen LogP contribution in [0.1, 0.15) is 5.56 Å². The number of ether oxygens (including phenoxy) is 1. The molecule has 4 aromatic rings. The van der Waals surface area contributed by atoms with Gasteiger partial charge in [0, 0.05) is 22.5 Å². The monoisotopic (exact) mass is 359 g/mol. The van der Waals surface area contributed by atoms with Crippen molar-refractivity contribution in [1.29, 1.82) is 0 Å². The van der Waals surface area contributed by atoms with Gasteiger partial charge in [0.05, 0.1) is 0 Å². The van der Waals surface area contributed by atoms with Crippen LogP contribution in [0.25, 0.3) is 21.7 Å². The largest absolute Gasteiger partial charge is 0.484 e. The van der Waals surface area contributed by atoms with Crippen molar-refractivity contribution in [3.8, 4) is 5.75 Å². The number of hydrogen-bond donors (Lipinski definition) is 1. The fourth-order valence-electron chi connectivity index (χ4n) is 3.06. The smallest absolute Gasteiger partial charge is 0.336 e. The van der Waals surface area contributed by atoms with Crippen molar-refractivity contribution in [2.24, 2.45) is 0 Å². The maximum Gasteiger partial charge on any atom is 0.336 e. The van der Waals surface area contributed by atoms with E-state index in [1.54, 1.807) is 18.2 Å². The van der Waals surface area contributed by atoms with Crippen LogP contribution in [-0.2, 0) is 4.79 Å². The van der Waals surface area contributed by atoms with Gasteiger partial charge in [0.2, 0.25) is 0 Å². The molecule has 134 valence electrons. The molecule has 5 nitrogen and oxygen atoms in total. The quantitative estimate of drug-likeness (QED) is 0.553. The number of carbonyl (C=O) groups is 1. The van der Waals surface area contributed by atoms with E-state index in [0.717, 1.165) is 27.4 Å². The van der Waals surface area contributed by atoms with Crippen LogP contribution in [0.2, 0.25) is 0 Å². The van der Waals surface area contributed by atoms with E-state index in [9.17, 15) is 9.59 Å². The second kappa shape index (κ2) is 6.96. The Kier molecular flexibility index (Phi) is 4.34. The summed E-state index contributed by atoms with van der Waals surface area (Å²) in [5.41, 5.74) is 1.65. The topological polar surface area (TPSA) is 68.5 Å². The van der Waals surface area contributed by atoms with Gasteiger partial charge in [-0.05, 0) is 42.1 Å². The first kappa shape index (κ1) is 16.8. The molecule has 3 aromatic carbocycles. The second-order valence-corrected chi connectivity index (χ2v) is 6.27. The Labute approximate surface area is 155 Å². The van der Waals surface area contributed by atoms with E-state index in [-0.39, 0.29) is 18.1 Å². The van der Waals surface area contributed by atoms with Crippen LogP contribution in [0.3, 0.4) is 0 Å². The van der Waals surface area contributed by atoms with E-state index in [1.165, 1.54) is 6.07 Å². The van der Waals surface area contributed by atoms with Crippen molar-refractivity contribution in [3.05, 3.63) is 82.7 Å². The van der Waals surface area contributed by atoms with Crippen molar-refractivity contribution in [3.63, 3.8) is 0 Å². The van der Waals surface area contributed by atoms with Crippen LogP contribution in [0.4, 0.5) is 5.69 Å². The number of carbonyl (C=O) groups excluding carboxylic acids is 1. The summed E-state index contributed by atoms with van der Waals surface area (Å²) in [6, 6.07) is 20.2. The number of amides is 1. The van der Waals surface area contributed by atoms with Gasteiger partial charge >= 0.3 is 5.63 Å². The normalized spacial score (nSPS) is 10.9. The number of hydrogen-bond acceptors (Lipinski definition) is 4. The third kappa shape index (κ3) is 3.53. The first-order valence-corrected chi connectivity index (χ1v) is 8.55. The molecule has 1 N–H and O–H groups in total. The lowest BCUT2D eigenvalue weighted by Gasteiger charge is -2.10. The van der Waals surface area contributed by atoms with Crippen molar-refractivity contribution in [2.75, 3.05) is 11.9 Å². The summed E-state index contributed by atoms with van der Waals surface area (Å²) in [6.07, 6.45) is 0. The number of anilines is 1. The van der Waals surface area contributed by atoms with Gasteiger partial charge in [-0.1, -0.05) is 36.4 Å². The van der Waals surface area contributed by atoms with Gasteiger partial charge in [-0.25, -0.2) is 4.79 Å². The van der Waals surface area contributed by atoms with Crippen LogP contribution in [0.5, 0.6) is 5.75 Å². The molecular formula is C22H17NO4. The highest BCUT2D eigenvalue weighted by molar-refractivity contribution is 6.02. The molecule has 0 unspecified atom stereocenters. The van der Waals surface area contributed by atoms with Gasteiger partial charge in [0.1, 0.15) is 11.3 Å². The predicted octanol–water partition coefficient (Wildman–Crippen LogP) is 4.27. The highest BCUT2D eigenvalue weighted by Gasteiger charge is 2.08. The fraction of sp³-hybridized carbons (Fsp3) is 0.0909. The van der Waals surface area contributed by atoms with Crippen molar-refractivity contribution < 1.29 is 13.9 Å². The summed E-state index contributed by atoms with van der Waals surface area (Å²) in [6.45, 7) is 1.71. The van der Waals surface area contributed by atoms with E-state index < -0.39 is 0 Å². The minimum Gasteiger partial charge on any atom is -0.484 e. The summed E-state index contributed by atoms with van der Waals surface area (Å²) < 4.78 is 10.8. The molecule has 0 saturated heterocycles. The van der Waals surface area contributed by atoms with Crippen LogP contribution in [0, 0.1) is 6.92 Å². The molecule has 0 spiro atoms. The average molecular weight is 359 g/mol. The van der Waals surface area contributed by atoms with E-state index in [0.29, 0.717) is 11.3 Å². The standard InChI is InChI=1S/C22H17NO4/c1-14-11-22(25)27-20-10-9-16(12-18(14)20)26-13-21(24)23-19-8-4-6-15-5-2-3-7-17(15)19/h2-12H,13H2,1H3,(H,23,24). The molecule has 0 bridgehead atoms. The average Bonchev–Trinajstić information content (AvgIpc) is 2.67. The number of rotatable bonds is 4. The zero-order valence-electron chi connectivity index (χ0n) is 14.7. The molecule has 0 aliphatic carbocycles. The van der Waals surface area contributed by atoms with Gasteiger partial charge in [-0.2, -0.15) is 0 Å². The molecule has 1 aromatic heterocycles. The molecule has 0 fully saturated rings. The lowest BCUT2D eigenvalue weighted by atomic mass is 10.1. The lowest BCUT2D eigenvalue weighted by molar-refractivity contribution is -0.118. The molecular weight excluding hydrogens is 342 g/mol. The van der Waals surface area contributed by atoms with E-state index in [4.69, 9.17) is 9.15 Å². The lowest BCUT2D eigenvalue weighted by Crippen LogP contribution is -2.20. The van der Waals surface area contributed by atoms with Gasteiger partial charge in [-0.15, -0.1) is 0 Å². The first-order valence-electron chi connectivity index (χ1n) is 8.55. The summed E-state index contributed by atoms with van der Waals surface area (Å²) in [7, 11) is 0. The SMILES string of the molecule is Cc1cc(=O)oc2ccc(OCC(=O)Nc3cccc4ccccc34)cc12. The van der Waals surface area contributed by atoms with Crippen molar-refractivity contribution in [1.82, 2.24) is 0 Å². The van der Waals surface area contributed by atoms with Gasteiger partial charge < -0.3 is 14.5 Å². The Hall–Kier alpha value is -3.60. The Morgan fingerprint density at radius 3 is 2.70 bits per heavy atom. The van der Waals surface area contributed by atoms with E-state index in [1.807, 2.05) is 49.4 Å². The summed E-state index contributed by atoms with van der Waals surface area (Å²) in [4.78, 5) is 23.7. The highest BCUT2D eigenvalue weighted by atomic mass is 16.5. The summed E-state index contributed by atoms with van der Waals surface area (Å²) in [5, 5.41) is 5.70. The molecule has 0 saturated carbocycles. The highest BCUT2D eigenvalue weighted by Crippen LogP contribution is 2.24. The molecule has 1 amide bonds. The van der Waals surface area contributed by atoms with Crippen LogP contribution in [-0.4, -0.2) is 12.5 Å². The molecule has 4 rings (SSSR count). The third-order valence-corrected chi connectivity index (χ3v) is 4.35. The van der Waals surface area contributed by atoms with E-state index >= 15 is 0 Å². The summed E-state index contributed by atoms with van der Waals surface area (Å²) >= 11 is 0. The number of nitrogens with one attached hydrogen (secondary N) is 1. The van der Waals surface area contributed by atoms with Crippen LogP contribution >= 0.6 is 0 Å². The summed E-state index contributed by atoms with van der Waals surface area (Å²) in [5.74, 6) is 0.287. The Balaban J connectivity index is 1.49. The molecule has 5 heteroatoms. The van der Waals surface area contributed by atoms with Crippen LogP contribution in [0.15, 0.2) is 75.9 Å². The van der Waals surface area contributed by atoms with Crippen molar-refractivity contribution >= 4 is 33.3 Å². The molecule has 0 aliphatic rings. The Morgan fingerprint density at radius 2 is 1.81 bits per heavy atom. The zero-order valence-corrected chi connectivity index (χ0v) is 14.7. The third-order valence-electron chi connectivity index (χ3n) is 4.35. The maximum atomic E-state index is 12.3. The molecule has 0 atom stereocenters. The number of benzene rings is 3. The number of fused-ring (bicyclic) bond motifs is 2. The van der Waals surface area contributed by atoms with Crippen molar-refractivity contribution in [2.45, 2.75) is 6.92 Å². The first-order chi connectivity index (χ1) is 13.1. The second-order valence-electron chi connectivity index (χ2n) is 6.27. The Morgan fingerprint density at radius 1 is 1.00 bits per heavy atom. The molecule has 27 heavy (non-hydrogen) atoms. The van der Waals surface area contributed by atoms with Gasteiger partial charge in [0.25, 0.3) is 5.91 Å². The molecule has 1 heterocycles. The fourth-order valence-corrected chi connectivity index (χ4v) is 3.06. The Bertz CT molecular complexity index is 1200. The van der Waals surface area contributed by atoms with E-state index in [2.05, 4.69) is 5.32 Å². The van der Waals surface area contributed by atoms with Gasteiger partial charge in [-0.3, -0.25) is 4.79 Å². The zero-order chi connectivity index (χ0) is 18.8. The van der Waals surface area contributed by atoms with Crippen LogP contribution < -0.4 is 15.7 Å². The predicted molar refractivity (Wildman–Crippen MR) is 105 cm³/mol. The minimum atomic E-state index is -0.386.